The maximum Gasteiger partial charge on any atom is 0.251 e. The third-order valence-corrected chi connectivity index (χ3v) is 3.03. The first kappa shape index (κ1) is 14.2. The van der Waals surface area contributed by atoms with E-state index in [1.807, 2.05) is 45.9 Å². The number of hydrogen-bond donors (Lipinski definition) is 1. The second-order valence-electron chi connectivity index (χ2n) is 4.61. The molecule has 0 spiro atoms. The van der Waals surface area contributed by atoms with E-state index in [-0.39, 0.29) is 5.91 Å². The molecule has 0 saturated heterocycles. The topological polar surface area (TPSA) is 52.9 Å². The molecule has 96 valence electrons. The molecule has 1 aromatic carbocycles. The summed E-state index contributed by atoms with van der Waals surface area (Å²) in [7, 11) is 0. The maximum absolute atomic E-state index is 11.5. The monoisotopic (exact) mass is 244 g/mol. The van der Waals surface area contributed by atoms with Gasteiger partial charge in [0.1, 0.15) is 0 Å². The Morgan fingerprint density at radius 2 is 2.00 bits per heavy atom. The average molecular weight is 244 g/mol. The minimum atomic E-state index is -0.497. The highest BCUT2D eigenvalue weighted by atomic mass is 16.1. The van der Waals surface area contributed by atoms with Gasteiger partial charge in [0.2, 0.25) is 0 Å². The zero-order valence-electron chi connectivity index (χ0n) is 11.5. The predicted molar refractivity (Wildman–Crippen MR) is 72.5 cm³/mol. The van der Waals surface area contributed by atoms with Crippen LogP contribution >= 0.6 is 0 Å². The third kappa shape index (κ3) is 2.70. The summed E-state index contributed by atoms with van der Waals surface area (Å²) in [6, 6.07) is 7.94. The van der Waals surface area contributed by atoms with Gasteiger partial charge in [-0.1, -0.05) is 26.0 Å². The molecule has 1 aliphatic rings. The fourth-order valence-electron chi connectivity index (χ4n) is 1.88. The minimum absolute atomic E-state index is 0.0115. The number of nitrogens with one attached hydrogen (secondary N) is 1. The standard InChI is InChI=1S/C13H14N2O.C2H6/c1-13(2,8-14)10-3-4-11-9(7-10)5-6-15-12(11)16;1-2/h3-4,7H,5-6H2,1-2H3,(H,15,16);1-2H3. The summed E-state index contributed by atoms with van der Waals surface area (Å²) in [4.78, 5) is 11.5. The molecule has 3 nitrogen and oxygen atoms in total. The molecule has 0 aromatic heterocycles. The molecule has 3 heteroatoms. The molecule has 0 radical (unpaired) electrons. The Hall–Kier alpha value is -1.82. The van der Waals surface area contributed by atoms with E-state index >= 15 is 0 Å². The van der Waals surface area contributed by atoms with Crippen LogP contribution in [0.15, 0.2) is 18.2 Å². The summed E-state index contributed by atoms with van der Waals surface area (Å²) in [5.41, 5.74) is 2.26. The van der Waals surface area contributed by atoms with Crippen LogP contribution in [0.4, 0.5) is 0 Å². The van der Waals surface area contributed by atoms with Crippen molar-refractivity contribution in [2.75, 3.05) is 6.54 Å². The lowest BCUT2D eigenvalue weighted by Gasteiger charge is -2.21. The maximum atomic E-state index is 11.5. The first-order valence-corrected chi connectivity index (χ1v) is 6.37. The molecule has 0 unspecified atom stereocenters. The van der Waals surface area contributed by atoms with Gasteiger partial charge in [0, 0.05) is 12.1 Å². The van der Waals surface area contributed by atoms with E-state index in [0.717, 1.165) is 23.1 Å². The molecule has 1 aromatic rings. The van der Waals surface area contributed by atoms with Gasteiger partial charge < -0.3 is 5.32 Å². The van der Waals surface area contributed by atoms with Crippen molar-refractivity contribution in [3.63, 3.8) is 0 Å². The van der Waals surface area contributed by atoms with E-state index in [1.54, 1.807) is 0 Å². The Labute approximate surface area is 109 Å². The van der Waals surface area contributed by atoms with Crippen LogP contribution in [0.2, 0.25) is 0 Å². The first-order chi connectivity index (χ1) is 8.54. The van der Waals surface area contributed by atoms with Gasteiger partial charge in [-0.2, -0.15) is 5.26 Å². The molecular weight excluding hydrogens is 224 g/mol. The summed E-state index contributed by atoms with van der Waals surface area (Å²) in [5, 5.41) is 11.9. The Morgan fingerprint density at radius 3 is 2.61 bits per heavy atom. The molecule has 2 rings (SSSR count). The molecule has 1 aliphatic heterocycles. The van der Waals surface area contributed by atoms with Crippen molar-refractivity contribution in [1.29, 1.82) is 5.26 Å². The predicted octanol–water partition coefficient (Wildman–Crippen LogP) is 2.80. The number of hydrogen-bond acceptors (Lipinski definition) is 2. The Kier molecular flexibility index (Phi) is 4.49. The van der Waals surface area contributed by atoms with Crippen LogP contribution in [0.5, 0.6) is 0 Å². The third-order valence-electron chi connectivity index (χ3n) is 3.03. The largest absolute Gasteiger partial charge is 0.352 e. The van der Waals surface area contributed by atoms with Crippen LogP contribution in [0.1, 0.15) is 49.2 Å². The molecule has 1 heterocycles. The van der Waals surface area contributed by atoms with E-state index in [4.69, 9.17) is 5.26 Å². The highest BCUT2D eigenvalue weighted by molar-refractivity contribution is 5.96. The molecule has 0 atom stereocenters. The lowest BCUT2D eigenvalue weighted by molar-refractivity contribution is 0.0946. The minimum Gasteiger partial charge on any atom is -0.352 e. The molecular formula is C15H20N2O. The van der Waals surface area contributed by atoms with E-state index in [2.05, 4.69) is 11.4 Å². The number of rotatable bonds is 1. The summed E-state index contributed by atoms with van der Waals surface area (Å²) < 4.78 is 0. The number of carbonyl (C=O) groups excluding carboxylic acids is 1. The van der Waals surface area contributed by atoms with Gasteiger partial charge in [-0.15, -0.1) is 0 Å². The Bertz CT molecular complexity index is 484. The highest BCUT2D eigenvalue weighted by Gasteiger charge is 2.23. The number of nitriles is 1. The van der Waals surface area contributed by atoms with Crippen LogP contribution < -0.4 is 5.32 Å². The van der Waals surface area contributed by atoms with Crippen molar-refractivity contribution in [1.82, 2.24) is 5.32 Å². The van der Waals surface area contributed by atoms with Crippen LogP contribution in [0.25, 0.3) is 0 Å². The molecule has 1 amide bonds. The van der Waals surface area contributed by atoms with Crippen LogP contribution in [-0.2, 0) is 11.8 Å². The quantitative estimate of drug-likeness (QED) is 0.825. The first-order valence-electron chi connectivity index (χ1n) is 6.37. The van der Waals surface area contributed by atoms with E-state index in [1.165, 1.54) is 0 Å². The molecule has 0 fully saturated rings. The molecule has 0 bridgehead atoms. The van der Waals surface area contributed by atoms with Gasteiger partial charge in [-0.3, -0.25) is 4.79 Å². The number of fused-ring (bicyclic) bond motifs is 1. The number of carbonyl (C=O) groups is 1. The second-order valence-corrected chi connectivity index (χ2v) is 4.61. The van der Waals surface area contributed by atoms with Crippen LogP contribution in [0, 0.1) is 11.3 Å². The number of benzene rings is 1. The van der Waals surface area contributed by atoms with Gasteiger partial charge >= 0.3 is 0 Å². The van der Waals surface area contributed by atoms with Gasteiger partial charge in [-0.05, 0) is 37.5 Å². The highest BCUT2D eigenvalue weighted by Crippen LogP contribution is 2.25. The lowest BCUT2D eigenvalue weighted by atomic mass is 9.83. The van der Waals surface area contributed by atoms with Crippen molar-refractivity contribution >= 4 is 5.91 Å². The normalized spacial score (nSPS) is 13.6. The summed E-state index contributed by atoms with van der Waals surface area (Å²) in [5.74, 6) is -0.0115. The lowest BCUT2D eigenvalue weighted by Crippen LogP contribution is -2.32. The fourth-order valence-corrected chi connectivity index (χ4v) is 1.88. The number of amides is 1. The van der Waals surface area contributed by atoms with E-state index in [0.29, 0.717) is 6.54 Å². The molecule has 0 aliphatic carbocycles. The molecule has 1 N–H and O–H groups in total. The summed E-state index contributed by atoms with van der Waals surface area (Å²) in [6.07, 6.45) is 0.844. The second kappa shape index (κ2) is 5.68. The average Bonchev–Trinajstić information content (AvgIpc) is 2.41. The van der Waals surface area contributed by atoms with Gasteiger partial charge in [0.15, 0.2) is 0 Å². The Balaban J connectivity index is 0.000000771. The van der Waals surface area contributed by atoms with Crippen molar-refractivity contribution in [2.24, 2.45) is 0 Å². The van der Waals surface area contributed by atoms with Crippen molar-refractivity contribution < 1.29 is 4.79 Å². The van der Waals surface area contributed by atoms with Gasteiger partial charge in [0.05, 0.1) is 11.5 Å². The van der Waals surface area contributed by atoms with E-state index < -0.39 is 5.41 Å². The van der Waals surface area contributed by atoms with Gasteiger partial charge in [0.25, 0.3) is 5.91 Å². The number of nitrogens with zero attached hydrogens (tertiary/aromatic N) is 1. The van der Waals surface area contributed by atoms with Crippen LogP contribution in [0.3, 0.4) is 0 Å². The van der Waals surface area contributed by atoms with Gasteiger partial charge in [-0.25, -0.2) is 0 Å². The van der Waals surface area contributed by atoms with Crippen molar-refractivity contribution in [2.45, 2.75) is 39.5 Å². The smallest absolute Gasteiger partial charge is 0.251 e. The van der Waals surface area contributed by atoms with Crippen molar-refractivity contribution in [3.8, 4) is 6.07 Å². The summed E-state index contributed by atoms with van der Waals surface area (Å²) >= 11 is 0. The van der Waals surface area contributed by atoms with Crippen molar-refractivity contribution in [3.05, 3.63) is 34.9 Å². The zero-order chi connectivity index (χ0) is 13.8. The SMILES string of the molecule is CC.CC(C)(C#N)c1ccc2c(c1)CCNC2=O. The zero-order valence-corrected chi connectivity index (χ0v) is 11.5. The molecule has 0 saturated carbocycles. The van der Waals surface area contributed by atoms with E-state index in [9.17, 15) is 4.79 Å². The summed E-state index contributed by atoms with van der Waals surface area (Å²) in [6.45, 7) is 8.46. The Morgan fingerprint density at radius 1 is 1.33 bits per heavy atom. The fraction of sp³-hybridized carbons (Fsp3) is 0.467. The van der Waals surface area contributed by atoms with Crippen LogP contribution in [-0.4, -0.2) is 12.5 Å². The molecule has 18 heavy (non-hydrogen) atoms.